The standard InChI is InChI=1S/C15H27NO/c1-14(2,3)13(15(4,5)6)16-17-12-10-8-7-9-11-12/h8,10,12H,7,9,11H2,1-6H3/i10D,12D. The molecule has 0 N–H and O–H groups in total. The molecule has 0 aromatic heterocycles. The monoisotopic (exact) mass is 239 g/mol. The van der Waals surface area contributed by atoms with Gasteiger partial charge in [0.2, 0.25) is 0 Å². The molecule has 0 fully saturated rings. The zero-order valence-corrected chi connectivity index (χ0v) is 12.1. The summed E-state index contributed by atoms with van der Waals surface area (Å²) in [6.45, 7) is 12.6. The number of hydrogen-bond donors (Lipinski definition) is 0. The topological polar surface area (TPSA) is 21.6 Å². The van der Waals surface area contributed by atoms with Crippen LogP contribution in [0.4, 0.5) is 0 Å². The van der Waals surface area contributed by atoms with Gasteiger partial charge in [-0.15, -0.1) is 0 Å². The van der Waals surface area contributed by atoms with Crippen molar-refractivity contribution < 1.29 is 7.58 Å². The van der Waals surface area contributed by atoms with E-state index >= 15 is 0 Å². The Balaban J connectivity index is 3.00. The summed E-state index contributed by atoms with van der Waals surface area (Å²) in [5.41, 5.74) is 0.690. The first-order chi connectivity index (χ1) is 8.47. The highest BCUT2D eigenvalue weighted by Gasteiger charge is 2.31. The van der Waals surface area contributed by atoms with Gasteiger partial charge in [0, 0.05) is 10.8 Å². The van der Waals surface area contributed by atoms with Crippen molar-refractivity contribution >= 4 is 5.71 Å². The fraction of sp³-hybridized carbons (Fsp3) is 0.800. The third-order valence-corrected chi connectivity index (χ3v) is 2.68. The van der Waals surface area contributed by atoms with E-state index in [1.54, 1.807) is 6.08 Å². The Morgan fingerprint density at radius 3 is 2.35 bits per heavy atom. The van der Waals surface area contributed by atoms with Gasteiger partial charge in [0.1, 0.15) is 6.08 Å². The van der Waals surface area contributed by atoms with E-state index in [0.29, 0.717) is 6.42 Å². The summed E-state index contributed by atoms with van der Waals surface area (Å²) >= 11 is 0. The van der Waals surface area contributed by atoms with E-state index in [1.807, 2.05) is 0 Å². The lowest BCUT2D eigenvalue weighted by molar-refractivity contribution is 0.0773. The van der Waals surface area contributed by atoms with Crippen molar-refractivity contribution in [1.29, 1.82) is 0 Å². The predicted molar refractivity (Wildman–Crippen MR) is 74.2 cm³/mol. The van der Waals surface area contributed by atoms with Crippen LogP contribution in [0.15, 0.2) is 17.3 Å². The Bertz CT molecular complexity index is 372. The molecule has 1 aliphatic rings. The maximum Gasteiger partial charge on any atom is 0.145 e. The van der Waals surface area contributed by atoms with E-state index in [-0.39, 0.29) is 16.9 Å². The van der Waals surface area contributed by atoms with Crippen molar-refractivity contribution in [3.63, 3.8) is 0 Å². The van der Waals surface area contributed by atoms with Gasteiger partial charge in [-0.2, -0.15) is 0 Å². The van der Waals surface area contributed by atoms with Crippen molar-refractivity contribution in [2.45, 2.75) is 66.9 Å². The minimum atomic E-state index is -1.31. The molecule has 0 saturated heterocycles. The largest absolute Gasteiger partial charge is 0.388 e. The van der Waals surface area contributed by atoms with E-state index in [2.05, 4.69) is 46.7 Å². The Labute approximate surface area is 109 Å². The van der Waals surface area contributed by atoms with Crippen LogP contribution >= 0.6 is 0 Å². The Morgan fingerprint density at radius 1 is 1.29 bits per heavy atom. The molecule has 0 heterocycles. The smallest absolute Gasteiger partial charge is 0.145 e. The molecular weight excluding hydrogens is 210 g/mol. The summed E-state index contributed by atoms with van der Waals surface area (Å²) in [7, 11) is 0. The van der Waals surface area contributed by atoms with Crippen LogP contribution in [0.25, 0.3) is 0 Å². The van der Waals surface area contributed by atoms with Gasteiger partial charge >= 0.3 is 0 Å². The van der Waals surface area contributed by atoms with Crippen LogP contribution in [0.2, 0.25) is 0 Å². The number of allylic oxidation sites excluding steroid dienone is 1. The van der Waals surface area contributed by atoms with Crippen molar-refractivity contribution in [2.75, 3.05) is 0 Å². The molecule has 0 spiro atoms. The molecule has 0 aromatic rings. The van der Waals surface area contributed by atoms with Crippen molar-refractivity contribution in [3.05, 3.63) is 12.1 Å². The van der Waals surface area contributed by atoms with Crippen LogP contribution in [0.3, 0.4) is 0 Å². The summed E-state index contributed by atoms with van der Waals surface area (Å²) in [6, 6.07) is 0.227. The molecule has 1 aliphatic carbocycles. The van der Waals surface area contributed by atoms with Gasteiger partial charge in [-0.1, -0.05) is 52.8 Å². The third kappa shape index (κ3) is 4.53. The van der Waals surface area contributed by atoms with Crippen LogP contribution in [0.5, 0.6) is 0 Å². The quantitative estimate of drug-likeness (QED) is 0.393. The number of oxime groups is 1. The Kier molecular flexibility index (Phi) is 3.49. The Morgan fingerprint density at radius 2 is 1.88 bits per heavy atom. The van der Waals surface area contributed by atoms with Crippen LogP contribution in [0, 0.1) is 10.8 Å². The van der Waals surface area contributed by atoms with E-state index in [1.165, 1.54) is 0 Å². The first-order valence-corrected chi connectivity index (χ1v) is 6.41. The van der Waals surface area contributed by atoms with Gasteiger partial charge in [-0.3, -0.25) is 0 Å². The number of nitrogens with zero attached hydrogens (tertiary/aromatic N) is 1. The van der Waals surface area contributed by atoms with E-state index < -0.39 is 6.08 Å². The lowest BCUT2D eigenvalue weighted by Crippen LogP contribution is -2.33. The lowest BCUT2D eigenvalue weighted by Gasteiger charge is -2.31. The molecule has 1 atom stereocenters. The molecule has 1 unspecified atom stereocenters. The van der Waals surface area contributed by atoms with Crippen molar-refractivity contribution in [2.24, 2.45) is 16.0 Å². The average Bonchev–Trinajstić information content (AvgIpc) is 2.19. The minimum absolute atomic E-state index is 0.116. The average molecular weight is 239 g/mol. The van der Waals surface area contributed by atoms with Crippen LogP contribution < -0.4 is 0 Å². The SMILES string of the molecule is [2H]C1=CCCCC1([2H])ON=C(C(C)(C)C)C(C)(C)C. The first-order valence-electron chi connectivity index (χ1n) is 7.41. The highest BCUT2D eigenvalue weighted by atomic mass is 16.6. The fourth-order valence-electron chi connectivity index (χ4n) is 2.19. The summed E-state index contributed by atoms with van der Waals surface area (Å²) in [5.74, 6) is 0. The summed E-state index contributed by atoms with van der Waals surface area (Å²) in [4.78, 5) is 5.50. The van der Waals surface area contributed by atoms with E-state index in [0.717, 1.165) is 18.6 Å². The number of hydrogen-bond acceptors (Lipinski definition) is 2. The molecule has 0 saturated carbocycles. The van der Waals surface area contributed by atoms with E-state index in [4.69, 9.17) is 7.58 Å². The lowest BCUT2D eigenvalue weighted by atomic mass is 9.75. The molecule has 0 aliphatic heterocycles. The van der Waals surface area contributed by atoms with Gasteiger partial charge in [-0.05, 0) is 25.3 Å². The normalized spacial score (nSPS) is 27.8. The van der Waals surface area contributed by atoms with Crippen LogP contribution in [-0.2, 0) is 4.84 Å². The highest BCUT2D eigenvalue weighted by molar-refractivity contribution is 5.93. The second-order valence-electron chi connectivity index (χ2n) is 6.70. The molecule has 0 amide bonds. The summed E-state index contributed by atoms with van der Waals surface area (Å²) < 4.78 is 16.1. The van der Waals surface area contributed by atoms with Crippen LogP contribution in [0.1, 0.15) is 63.5 Å². The molecule has 2 heteroatoms. The summed E-state index contributed by atoms with van der Waals surface area (Å²) in [6.07, 6.45) is 2.73. The van der Waals surface area contributed by atoms with Crippen LogP contribution in [-0.4, -0.2) is 11.8 Å². The zero-order valence-electron chi connectivity index (χ0n) is 14.1. The molecule has 0 radical (unpaired) electrons. The maximum absolute atomic E-state index is 8.24. The second kappa shape index (κ2) is 5.24. The molecule has 2 nitrogen and oxygen atoms in total. The van der Waals surface area contributed by atoms with Gasteiger partial charge in [-0.25, -0.2) is 0 Å². The molecule has 98 valence electrons. The first kappa shape index (κ1) is 11.3. The zero-order chi connectivity index (χ0) is 14.9. The third-order valence-electron chi connectivity index (χ3n) is 2.68. The minimum Gasteiger partial charge on any atom is -0.388 e. The second-order valence-corrected chi connectivity index (χ2v) is 6.70. The highest BCUT2D eigenvalue weighted by Crippen LogP contribution is 2.30. The Hall–Kier alpha value is -0.790. The molecular formula is C15H27NO. The predicted octanol–water partition coefficient (Wildman–Crippen LogP) is 4.56. The van der Waals surface area contributed by atoms with Gasteiger partial charge < -0.3 is 4.84 Å². The number of rotatable bonds is 2. The van der Waals surface area contributed by atoms with Gasteiger partial charge in [0.15, 0.2) is 0 Å². The van der Waals surface area contributed by atoms with Gasteiger partial charge in [0.25, 0.3) is 0 Å². The fourth-order valence-corrected chi connectivity index (χ4v) is 2.19. The molecule has 0 aromatic carbocycles. The molecule has 1 rings (SSSR count). The molecule has 0 bridgehead atoms. The van der Waals surface area contributed by atoms with Crippen molar-refractivity contribution in [3.8, 4) is 0 Å². The van der Waals surface area contributed by atoms with E-state index in [9.17, 15) is 0 Å². The maximum atomic E-state index is 8.24. The van der Waals surface area contributed by atoms with Crippen molar-refractivity contribution in [1.82, 2.24) is 0 Å². The molecule has 17 heavy (non-hydrogen) atoms. The summed E-state index contributed by atoms with van der Waals surface area (Å²) in [5, 5.41) is 4.28. The van der Waals surface area contributed by atoms with Gasteiger partial charge in [0.05, 0.1) is 8.45 Å².